The molecular weight excluding hydrogens is 1000 g/mol. The van der Waals surface area contributed by atoms with Gasteiger partial charge in [-0.25, -0.2) is 0 Å². The van der Waals surface area contributed by atoms with Crippen LogP contribution in [-0.4, -0.2) is 0 Å². The highest BCUT2D eigenvalue weighted by Gasteiger charge is 2.53. The van der Waals surface area contributed by atoms with Crippen molar-refractivity contribution in [1.29, 1.82) is 0 Å². The van der Waals surface area contributed by atoms with Crippen molar-refractivity contribution in [3.63, 3.8) is 0 Å². The van der Waals surface area contributed by atoms with Crippen LogP contribution in [0.2, 0.25) is 0 Å². The van der Waals surface area contributed by atoms with E-state index in [0.29, 0.717) is 11.8 Å². The van der Waals surface area contributed by atoms with Crippen LogP contribution < -0.4 is 9.80 Å². The number of hydrogen-bond donors (Lipinski definition) is 0. The molecule has 0 saturated heterocycles. The number of benzene rings is 11. The summed E-state index contributed by atoms with van der Waals surface area (Å²) in [6.07, 6.45) is 5.49. The van der Waals surface area contributed by atoms with Crippen LogP contribution in [-0.2, 0) is 10.8 Å². The van der Waals surface area contributed by atoms with Crippen molar-refractivity contribution in [3.05, 3.63) is 300 Å². The lowest BCUT2D eigenvalue weighted by Crippen LogP contribution is -2.35. The van der Waals surface area contributed by atoms with Crippen molar-refractivity contribution in [2.24, 2.45) is 23.7 Å². The molecule has 11 aromatic carbocycles. The fraction of sp³-hybridized carbons (Fsp3) is 0.185. The van der Waals surface area contributed by atoms with Gasteiger partial charge in [0.05, 0.1) is 11.1 Å². The van der Waals surface area contributed by atoms with E-state index in [4.69, 9.17) is 0 Å². The predicted octanol–water partition coefficient (Wildman–Crippen LogP) is 21.8. The Morgan fingerprint density at radius 2 is 0.831 bits per heavy atom. The van der Waals surface area contributed by atoms with Gasteiger partial charge >= 0.3 is 0 Å². The number of hydrogen-bond acceptors (Lipinski definition) is 2. The summed E-state index contributed by atoms with van der Waals surface area (Å²) in [7, 11) is 0. The van der Waals surface area contributed by atoms with Crippen LogP contribution in [0.4, 0.5) is 34.1 Å². The van der Waals surface area contributed by atoms with Gasteiger partial charge in [0.15, 0.2) is 0 Å². The molecule has 402 valence electrons. The van der Waals surface area contributed by atoms with Crippen LogP contribution in [0.15, 0.2) is 261 Å². The van der Waals surface area contributed by atoms with Gasteiger partial charge in [-0.15, -0.1) is 0 Å². The number of nitrogens with zero attached hydrogens (tertiary/aromatic N) is 2. The van der Waals surface area contributed by atoms with Gasteiger partial charge in [-0.3, -0.25) is 0 Å². The second-order valence-corrected chi connectivity index (χ2v) is 25.4. The molecule has 0 radical (unpaired) electrons. The van der Waals surface area contributed by atoms with Gasteiger partial charge in [0.1, 0.15) is 0 Å². The van der Waals surface area contributed by atoms with Crippen LogP contribution in [0, 0.1) is 23.7 Å². The molecule has 5 aliphatic carbocycles. The molecule has 83 heavy (non-hydrogen) atoms. The zero-order chi connectivity index (χ0) is 55.6. The highest BCUT2D eigenvalue weighted by Crippen LogP contribution is 2.66. The number of fused-ring (bicyclic) bond motifs is 15. The van der Waals surface area contributed by atoms with E-state index in [1.54, 1.807) is 0 Å². The summed E-state index contributed by atoms with van der Waals surface area (Å²) >= 11 is 0. The highest BCUT2D eigenvalue weighted by molar-refractivity contribution is 6.02. The molecule has 2 heteroatoms. The molecule has 6 unspecified atom stereocenters. The lowest BCUT2D eigenvalue weighted by atomic mass is 9.59. The van der Waals surface area contributed by atoms with E-state index in [0.717, 1.165) is 46.2 Å². The first-order chi connectivity index (χ1) is 40.7. The standard InChI is InChI=1S/C81H68N2/c1-52-43-54-45-53(2)79(59(44-52)46-54)57-33-36-62(37-34-57)82(60-25-13-7-14-26-60)64-38-40-67-69-47-58(55-21-9-5-10-22-55)35-41-75(69)81(76(67)49-64)74-32-20-18-30-66(74)71-50-68(56-23-11-6-12-24-56)78(51-77(71)81)83(61-27-15-8-16-28-61)63-39-42-73-70(48-63)65-29-17-19-31-72(65)80(73,3)4/h5-42,47-54,59,79H,43-46H2,1-4H3. The topological polar surface area (TPSA) is 6.48 Å². The summed E-state index contributed by atoms with van der Waals surface area (Å²) < 4.78 is 0. The van der Waals surface area contributed by atoms with E-state index in [1.165, 1.54) is 126 Å². The molecule has 11 aromatic rings. The molecule has 0 aliphatic heterocycles. The maximum absolute atomic E-state index is 2.60. The van der Waals surface area contributed by atoms with Crippen LogP contribution in [0.1, 0.15) is 98.2 Å². The van der Waals surface area contributed by atoms with Crippen LogP contribution in [0.5, 0.6) is 0 Å². The number of anilines is 6. The summed E-state index contributed by atoms with van der Waals surface area (Å²) in [6.45, 7) is 9.77. The van der Waals surface area contributed by atoms with Crippen molar-refractivity contribution >= 4 is 34.1 Å². The molecular formula is C81H68N2. The Bertz CT molecular complexity index is 4290. The third kappa shape index (κ3) is 7.75. The average molecular weight is 1070 g/mol. The molecule has 2 fully saturated rings. The molecule has 5 aliphatic rings. The van der Waals surface area contributed by atoms with Gasteiger partial charge in [-0.2, -0.15) is 0 Å². The first kappa shape index (κ1) is 49.8. The Morgan fingerprint density at radius 3 is 1.55 bits per heavy atom. The quantitative estimate of drug-likeness (QED) is 0.142. The Kier molecular flexibility index (Phi) is 11.6. The maximum atomic E-state index is 2.60. The summed E-state index contributed by atoms with van der Waals surface area (Å²) in [5.41, 5.74) is 28.0. The van der Waals surface area contributed by atoms with Crippen molar-refractivity contribution in [1.82, 2.24) is 0 Å². The Morgan fingerprint density at radius 1 is 0.325 bits per heavy atom. The monoisotopic (exact) mass is 1070 g/mol. The SMILES string of the molecule is CC1CC2CC(C)C(c3ccc(N(c4ccccc4)c4ccc5c(c4)C4(c6ccccc6-c6cc(-c7ccccc7)c(N(c7ccccc7)c7ccc8c(c7)-c7ccccc7C8(C)C)cc64)c4ccc(-c6ccccc6)cc4-5)cc3)C(C1)C2. The summed E-state index contributed by atoms with van der Waals surface area (Å²) in [4.78, 5) is 5.05. The highest BCUT2D eigenvalue weighted by atomic mass is 15.2. The lowest BCUT2D eigenvalue weighted by molar-refractivity contribution is 0.0854. The van der Waals surface area contributed by atoms with Gasteiger partial charge in [0.2, 0.25) is 0 Å². The first-order valence-electron chi connectivity index (χ1n) is 30.5. The molecule has 0 N–H and O–H groups in total. The smallest absolute Gasteiger partial charge is 0.0727 e. The number of rotatable bonds is 9. The van der Waals surface area contributed by atoms with Gasteiger partial charge in [-0.05, 0) is 223 Å². The predicted molar refractivity (Wildman–Crippen MR) is 347 cm³/mol. The van der Waals surface area contributed by atoms with Crippen molar-refractivity contribution in [2.75, 3.05) is 9.80 Å². The molecule has 16 rings (SSSR count). The van der Waals surface area contributed by atoms with Crippen LogP contribution in [0.25, 0.3) is 55.6 Å². The summed E-state index contributed by atoms with van der Waals surface area (Å²) in [6, 6.07) is 99.4. The van der Waals surface area contributed by atoms with Gasteiger partial charge in [-0.1, -0.05) is 210 Å². The minimum absolute atomic E-state index is 0.114. The van der Waals surface area contributed by atoms with Crippen molar-refractivity contribution in [3.8, 4) is 55.6 Å². The van der Waals surface area contributed by atoms with E-state index in [2.05, 4.69) is 298 Å². The molecule has 2 nitrogen and oxygen atoms in total. The lowest BCUT2D eigenvalue weighted by Gasteiger charge is -2.46. The summed E-state index contributed by atoms with van der Waals surface area (Å²) in [5, 5.41) is 0. The molecule has 0 aromatic heterocycles. The van der Waals surface area contributed by atoms with Crippen LogP contribution in [0.3, 0.4) is 0 Å². The normalized spacial score (nSPS) is 20.8. The zero-order valence-corrected chi connectivity index (χ0v) is 47.9. The third-order valence-corrected chi connectivity index (χ3v) is 20.3. The van der Waals surface area contributed by atoms with E-state index >= 15 is 0 Å². The maximum Gasteiger partial charge on any atom is 0.0727 e. The van der Waals surface area contributed by atoms with Crippen LogP contribution >= 0.6 is 0 Å². The Hall–Kier alpha value is -8.98. The molecule has 2 bridgehead atoms. The fourth-order valence-electron chi connectivity index (χ4n) is 16.9. The molecule has 2 saturated carbocycles. The second-order valence-electron chi connectivity index (χ2n) is 25.4. The van der Waals surface area contributed by atoms with E-state index in [-0.39, 0.29) is 5.41 Å². The van der Waals surface area contributed by atoms with E-state index in [9.17, 15) is 0 Å². The van der Waals surface area contributed by atoms with Gasteiger partial charge < -0.3 is 9.80 Å². The average Bonchev–Trinajstić information content (AvgIpc) is 2.23. The molecule has 1 spiro atoms. The Labute approximate surface area is 490 Å². The summed E-state index contributed by atoms with van der Waals surface area (Å²) in [5.74, 6) is 3.76. The fourth-order valence-corrected chi connectivity index (χ4v) is 16.9. The number of para-hydroxylation sites is 2. The second kappa shape index (κ2) is 19.3. The van der Waals surface area contributed by atoms with Gasteiger partial charge in [0, 0.05) is 39.4 Å². The van der Waals surface area contributed by atoms with E-state index in [1.807, 2.05) is 0 Å². The van der Waals surface area contributed by atoms with Crippen molar-refractivity contribution in [2.45, 2.75) is 70.1 Å². The van der Waals surface area contributed by atoms with Crippen molar-refractivity contribution < 1.29 is 0 Å². The third-order valence-electron chi connectivity index (χ3n) is 20.3. The zero-order valence-electron chi connectivity index (χ0n) is 47.9. The minimum Gasteiger partial charge on any atom is -0.310 e. The minimum atomic E-state index is -0.673. The molecule has 0 heterocycles. The first-order valence-corrected chi connectivity index (χ1v) is 30.5. The largest absolute Gasteiger partial charge is 0.310 e. The van der Waals surface area contributed by atoms with Gasteiger partial charge in [0.25, 0.3) is 0 Å². The molecule has 6 atom stereocenters. The molecule has 0 amide bonds. The van der Waals surface area contributed by atoms with E-state index < -0.39 is 5.41 Å². The Balaban J connectivity index is 0.941.